The molecule has 0 aliphatic heterocycles. The molecule has 5 nitrogen and oxygen atoms in total. The maximum absolute atomic E-state index is 10.3. The van der Waals surface area contributed by atoms with Crippen LogP contribution in [0.3, 0.4) is 0 Å². The highest BCUT2D eigenvalue weighted by Gasteiger charge is 2.02. The number of nitrogens with one attached hydrogen (secondary N) is 1. The van der Waals surface area contributed by atoms with Crippen molar-refractivity contribution in [2.75, 3.05) is 0 Å². The first-order valence-corrected chi connectivity index (χ1v) is 4.44. The second kappa shape index (κ2) is 5.21. The second-order valence-corrected chi connectivity index (χ2v) is 3.16. The fourth-order valence-electron chi connectivity index (χ4n) is 1.05. The largest absolute Gasteiger partial charge is 0.465 e. The van der Waals surface area contributed by atoms with Gasteiger partial charge in [-0.15, -0.1) is 0 Å². The van der Waals surface area contributed by atoms with Crippen LogP contribution >= 0.6 is 11.6 Å². The van der Waals surface area contributed by atoms with E-state index < -0.39 is 6.09 Å². The highest BCUT2D eigenvalue weighted by Crippen LogP contribution is 2.16. The van der Waals surface area contributed by atoms with Crippen LogP contribution in [0, 0.1) is 0 Å². The molecule has 80 valence electrons. The average Bonchev–Trinajstić information content (AvgIpc) is 2.19. The van der Waals surface area contributed by atoms with Crippen LogP contribution in [0.1, 0.15) is 11.1 Å². The van der Waals surface area contributed by atoms with Gasteiger partial charge < -0.3 is 15.6 Å². The summed E-state index contributed by atoms with van der Waals surface area (Å²) in [5.74, 6) is 0. The number of carboxylic acid groups (broad SMARTS) is 1. The molecule has 1 aromatic carbocycles. The molecule has 0 fully saturated rings. The molecule has 0 unspecified atom stereocenters. The Morgan fingerprint density at radius 3 is 2.93 bits per heavy atom. The quantitative estimate of drug-likeness (QED) is 0.420. The summed E-state index contributed by atoms with van der Waals surface area (Å²) in [5.41, 5.74) is 1.26. The van der Waals surface area contributed by atoms with Gasteiger partial charge in [-0.1, -0.05) is 22.8 Å². The summed E-state index contributed by atoms with van der Waals surface area (Å²) in [5, 5.41) is 22.3. The smallest absolute Gasteiger partial charge is 0.404 e. The highest BCUT2D eigenvalue weighted by molar-refractivity contribution is 6.31. The number of oxime groups is 1. The molecule has 0 saturated carbocycles. The molecule has 0 atom stereocenters. The van der Waals surface area contributed by atoms with Gasteiger partial charge in [0.15, 0.2) is 0 Å². The second-order valence-electron chi connectivity index (χ2n) is 2.75. The minimum Gasteiger partial charge on any atom is -0.465 e. The van der Waals surface area contributed by atoms with Crippen LogP contribution in [0.5, 0.6) is 0 Å². The van der Waals surface area contributed by atoms with Gasteiger partial charge in [0.25, 0.3) is 0 Å². The lowest BCUT2D eigenvalue weighted by Crippen LogP contribution is -2.20. The lowest BCUT2D eigenvalue weighted by atomic mass is 10.1. The molecule has 0 aliphatic carbocycles. The summed E-state index contributed by atoms with van der Waals surface area (Å²) in [7, 11) is 0. The Kier molecular flexibility index (Phi) is 3.93. The van der Waals surface area contributed by atoms with Crippen molar-refractivity contribution >= 4 is 23.9 Å². The van der Waals surface area contributed by atoms with Crippen molar-refractivity contribution in [2.45, 2.75) is 6.54 Å². The van der Waals surface area contributed by atoms with Crippen molar-refractivity contribution in [1.29, 1.82) is 0 Å². The van der Waals surface area contributed by atoms with E-state index in [9.17, 15) is 4.79 Å². The third-order valence-corrected chi connectivity index (χ3v) is 2.08. The monoisotopic (exact) mass is 228 g/mol. The Morgan fingerprint density at radius 1 is 1.60 bits per heavy atom. The fourth-order valence-corrected chi connectivity index (χ4v) is 1.23. The van der Waals surface area contributed by atoms with Gasteiger partial charge in [0.05, 0.1) is 6.21 Å². The maximum atomic E-state index is 10.3. The first kappa shape index (κ1) is 11.3. The number of amides is 1. The van der Waals surface area contributed by atoms with E-state index in [1.807, 2.05) is 0 Å². The third kappa shape index (κ3) is 3.47. The summed E-state index contributed by atoms with van der Waals surface area (Å²) in [6.07, 6.45) is 0.118. The normalized spacial score (nSPS) is 10.5. The molecule has 6 heteroatoms. The Hall–Kier alpha value is -1.75. The van der Waals surface area contributed by atoms with E-state index in [0.29, 0.717) is 16.1 Å². The minimum absolute atomic E-state index is 0.112. The lowest BCUT2D eigenvalue weighted by Gasteiger charge is -2.04. The first-order chi connectivity index (χ1) is 7.13. The standard InChI is InChI=1S/C9H9ClN2O3/c10-8-2-1-6(4-12-15)3-7(8)5-11-9(13)14/h1-4,11,15H,5H2,(H,13,14)/b12-4+. The molecular weight excluding hydrogens is 220 g/mol. The van der Waals surface area contributed by atoms with Crippen molar-refractivity contribution < 1.29 is 15.1 Å². The number of carbonyl (C=O) groups is 1. The molecule has 1 aromatic rings. The lowest BCUT2D eigenvalue weighted by molar-refractivity contribution is 0.194. The predicted octanol–water partition coefficient (Wildman–Crippen LogP) is 1.92. The molecule has 1 amide bonds. The SMILES string of the molecule is O=C(O)NCc1cc(/C=N/O)ccc1Cl. The predicted molar refractivity (Wildman–Crippen MR) is 55.7 cm³/mol. The van der Waals surface area contributed by atoms with Crippen molar-refractivity contribution in [3.8, 4) is 0 Å². The topological polar surface area (TPSA) is 81.9 Å². The summed E-state index contributed by atoms with van der Waals surface area (Å²) >= 11 is 5.84. The van der Waals surface area contributed by atoms with E-state index >= 15 is 0 Å². The van der Waals surface area contributed by atoms with Crippen molar-refractivity contribution in [3.05, 3.63) is 34.3 Å². The van der Waals surface area contributed by atoms with Gasteiger partial charge in [-0.2, -0.15) is 0 Å². The van der Waals surface area contributed by atoms with Crippen LogP contribution < -0.4 is 5.32 Å². The number of nitrogens with zero attached hydrogens (tertiary/aromatic N) is 1. The summed E-state index contributed by atoms with van der Waals surface area (Å²) < 4.78 is 0. The number of benzene rings is 1. The summed E-state index contributed by atoms with van der Waals surface area (Å²) in [6, 6.07) is 4.90. The number of hydrogen-bond donors (Lipinski definition) is 3. The van der Waals surface area contributed by atoms with E-state index in [-0.39, 0.29) is 6.54 Å². The molecule has 0 aliphatic rings. The van der Waals surface area contributed by atoms with Gasteiger partial charge in [0, 0.05) is 11.6 Å². The maximum Gasteiger partial charge on any atom is 0.404 e. The van der Waals surface area contributed by atoms with Gasteiger partial charge in [0.1, 0.15) is 0 Å². The molecule has 3 N–H and O–H groups in total. The third-order valence-electron chi connectivity index (χ3n) is 1.71. The molecule has 15 heavy (non-hydrogen) atoms. The van der Waals surface area contributed by atoms with Crippen molar-refractivity contribution in [1.82, 2.24) is 5.32 Å². The van der Waals surface area contributed by atoms with Crippen LogP contribution in [0.2, 0.25) is 5.02 Å². The van der Waals surface area contributed by atoms with Crippen molar-refractivity contribution in [3.63, 3.8) is 0 Å². The van der Waals surface area contributed by atoms with Crippen LogP contribution in [-0.4, -0.2) is 22.6 Å². The zero-order valence-electron chi connectivity index (χ0n) is 7.64. The van der Waals surface area contributed by atoms with Gasteiger partial charge in [-0.05, 0) is 23.3 Å². The molecule has 0 heterocycles. The Bertz CT molecular complexity index is 393. The zero-order chi connectivity index (χ0) is 11.3. The average molecular weight is 229 g/mol. The van der Waals surface area contributed by atoms with Crippen LogP contribution in [0.15, 0.2) is 23.4 Å². The van der Waals surface area contributed by atoms with E-state index in [2.05, 4.69) is 10.5 Å². The van der Waals surface area contributed by atoms with Crippen LogP contribution in [0.4, 0.5) is 4.79 Å². The molecule has 1 rings (SSSR count). The molecule has 0 aromatic heterocycles. The first-order valence-electron chi connectivity index (χ1n) is 4.06. The number of halogens is 1. The van der Waals surface area contributed by atoms with Gasteiger partial charge >= 0.3 is 6.09 Å². The van der Waals surface area contributed by atoms with Gasteiger partial charge in [0.2, 0.25) is 0 Å². The highest BCUT2D eigenvalue weighted by atomic mass is 35.5. The van der Waals surface area contributed by atoms with Gasteiger partial charge in [-0.25, -0.2) is 4.79 Å². The number of hydrogen-bond acceptors (Lipinski definition) is 3. The Morgan fingerprint density at radius 2 is 2.33 bits per heavy atom. The van der Waals surface area contributed by atoms with E-state index in [1.54, 1.807) is 18.2 Å². The number of rotatable bonds is 3. The van der Waals surface area contributed by atoms with E-state index in [1.165, 1.54) is 6.21 Å². The van der Waals surface area contributed by atoms with Crippen molar-refractivity contribution in [2.24, 2.45) is 5.16 Å². The molecule has 0 spiro atoms. The minimum atomic E-state index is -1.12. The molecule has 0 saturated heterocycles. The molecule has 0 bridgehead atoms. The van der Waals surface area contributed by atoms with Gasteiger partial charge in [-0.3, -0.25) is 0 Å². The van der Waals surface area contributed by atoms with E-state index in [0.717, 1.165) is 0 Å². The van der Waals surface area contributed by atoms with Crippen LogP contribution in [-0.2, 0) is 6.54 Å². The fraction of sp³-hybridized carbons (Fsp3) is 0.111. The molecular formula is C9H9ClN2O3. The summed E-state index contributed by atoms with van der Waals surface area (Å²) in [4.78, 5) is 10.3. The van der Waals surface area contributed by atoms with Crippen LogP contribution in [0.25, 0.3) is 0 Å². The molecule has 0 radical (unpaired) electrons. The zero-order valence-corrected chi connectivity index (χ0v) is 8.40. The Balaban J connectivity index is 2.85. The summed E-state index contributed by atoms with van der Waals surface area (Å²) in [6.45, 7) is 0.112. The Labute approximate surface area is 91.0 Å². The van der Waals surface area contributed by atoms with E-state index in [4.69, 9.17) is 21.9 Å².